The van der Waals surface area contributed by atoms with Crippen LogP contribution in [0.2, 0.25) is 0 Å². The Balaban J connectivity index is 1.60. The van der Waals surface area contributed by atoms with Crippen LogP contribution in [0.1, 0.15) is 21.6 Å². The molecule has 6 heteroatoms. The Bertz CT molecular complexity index is 845. The van der Waals surface area contributed by atoms with Gasteiger partial charge in [-0.1, -0.05) is 24.3 Å². The molecule has 0 spiro atoms. The molecule has 24 heavy (non-hydrogen) atoms. The molecule has 3 rings (SSSR count). The molecule has 2 N–H and O–H groups in total. The van der Waals surface area contributed by atoms with E-state index in [1.54, 1.807) is 17.5 Å². The standard InChI is InChI=1S/C18H16FN3OS/c1-12-3-2-4-15(9-12)21-18-22-16(11-24-18)17(23)20-10-13-5-7-14(19)8-6-13/h2-9,11H,10H2,1H3,(H,20,23)(H,21,22). The summed E-state index contributed by atoms with van der Waals surface area (Å²) in [6.45, 7) is 2.35. The van der Waals surface area contributed by atoms with E-state index in [-0.39, 0.29) is 11.7 Å². The number of rotatable bonds is 5. The summed E-state index contributed by atoms with van der Waals surface area (Å²) in [7, 11) is 0. The molecule has 0 radical (unpaired) electrons. The minimum atomic E-state index is -0.295. The Labute approximate surface area is 143 Å². The van der Waals surface area contributed by atoms with Gasteiger partial charge in [-0.2, -0.15) is 0 Å². The monoisotopic (exact) mass is 341 g/mol. The first kappa shape index (κ1) is 16.1. The third-order valence-corrected chi connectivity index (χ3v) is 4.13. The highest BCUT2D eigenvalue weighted by molar-refractivity contribution is 7.14. The van der Waals surface area contributed by atoms with Crippen LogP contribution < -0.4 is 10.6 Å². The van der Waals surface area contributed by atoms with Gasteiger partial charge in [0.15, 0.2) is 5.13 Å². The second-order valence-corrected chi connectivity index (χ2v) is 6.20. The number of carbonyl (C=O) groups is 1. The van der Waals surface area contributed by atoms with Crippen molar-refractivity contribution in [3.63, 3.8) is 0 Å². The zero-order chi connectivity index (χ0) is 16.9. The molecule has 3 aromatic rings. The number of benzene rings is 2. The van der Waals surface area contributed by atoms with E-state index in [2.05, 4.69) is 15.6 Å². The SMILES string of the molecule is Cc1cccc(Nc2nc(C(=O)NCc3ccc(F)cc3)cs2)c1. The van der Waals surface area contributed by atoms with Crippen molar-refractivity contribution in [2.45, 2.75) is 13.5 Å². The van der Waals surface area contributed by atoms with Gasteiger partial charge in [-0.15, -0.1) is 11.3 Å². The van der Waals surface area contributed by atoms with Crippen LogP contribution in [0.3, 0.4) is 0 Å². The molecule has 1 heterocycles. The van der Waals surface area contributed by atoms with Crippen molar-refractivity contribution >= 4 is 28.1 Å². The molecule has 2 aromatic carbocycles. The number of carbonyl (C=O) groups excluding carboxylic acids is 1. The Morgan fingerprint density at radius 3 is 2.75 bits per heavy atom. The number of hydrogen-bond acceptors (Lipinski definition) is 4. The molecule has 1 aromatic heterocycles. The molecule has 0 aliphatic heterocycles. The lowest BCUT2D eigenvalue weighted by molar-refractivity contribution is 0.0946. The van der Waals surface area contributed by atoms with E-state index in [0.717, 1.165) is 16.8 Å². The maximum atomic E-state index is 12.9. The minimum Gasteiger partial charge on any atom is -0.347 e. The summed E-state index contributed by atoms with van der Waals surface area (Å²) >= 11 is 1.37. The van der Waals surface area contributed by atoms with E-state index in [9.17, 15) is 9.18 Å². The maximum absolute atomic E-state index is 12.9. The van der Waals surface area contributed by atoms with Crippen molar-refractivity contribution < 1.29 is 9.18 Å². The van der Waals surface area contributed by atoms with E-state index in [1.807, 2.05) is 31.2 Å². The number of nitrogens with zero attached hydrogens (tertiary/aromatic N) is 1. The number of nitrogens with one attached hydrogen (secondary N) is 2. The largest absolute Gasteiger partial charge is 0.347 e. The first-order valence-corrected chi connectivity index (χ1v) is 8.30. The van der Waals surface area contributed by atoms with E-state index in [0.29, 0.717) is 17.4 Å². The normalized spacial score (nSPS) is 10.4. The molecule has 0 bridgehead atoms. The van der Waals surface area contributed by atoms with Crippen molar-refractivity contribution in [3.05, 3.63) is 76.5 Å². The van der Waals surface area contributed by atoms with E-state index >= 15 is 0 Å². The number of anilines is 2. The van der Waals surface area contributed by atoms with Crippen LogP contribution in [0.5, 0.6) is 0 Å². The highest BCUT2D eigenvalue weighted by Crippen LogP contribution is 2.21. The average Bonchev–Trinajstić information content (AvgIpc) is 3.03. The quantitative estimate of drug-likeness (QED) is 0.729. The summed E-state index contributed by atoms with van der Waals surface area (Å²) in [6, 6.07) is 14.0. The molecule has 122 valence electrons. The Morgan fingerprint density at radius 1 is 1.21 bits per heavy atom. The van der Waals surface area contributed by atoms with Crippen molar-refractivity contribution in [1.29, 1.82) is 0 Å². The Hall–Kier alpha value is -2.73. The summed E-state index contributed by atoms with van der Waals surface area (Å²) < 4.78 is 12.9. The molecule has 0 unspecified atom stereocenters. The van der Waals surface area contributed by atoms with Crippen LogP contribution in [0, 0.1) is 12.7 Å². The molecular weight excluding hydrogens is 325 g/mol. The van der Waals surface area contributed by atoms with Gasteiger partial charge in [0.2, 0.25) is 0 Å². The number of halogens is 1. The van der Waals surface area contributed by atoms with Crippen LogP contribution in [0.25, 0.3) is 0 Å². The molecule has 4 nitrogen and oxygen atoms in total. The number of hydrogen-bond donors (Lipinski definition) is 2. The summed E-state index contributed by atoms with van der Waals surface area (Å²) in [6.07, 6.45) is 0. The first-order valence-electron chi connectivity index (χ1n) is 7.42. The predicted octanol–water partition coefficient (Wildman–Crippen LogP) is 4.26. The summed E-state index contributed by atoms with van der Waals surface area (Å²) in [5.74, 6) is -0.552. The highest BCUT2D eigenvalue weighted by atomic mass is 32.1. The van der Waals surface area contributed by atoms with Gasteiger partial charge in [0.1, 0.15) is 11.5 Å². The van der Waals surface area contributed by atoms with E-state index in [4.69, 9.17) is 0 Å². The number of amides is 1. The summed E-state index contributed by atoms with van der Waals surface area (Å²) in [5, 5.41) is 8.33. The number of aromatic nitrogens is 1. The van der Waals surface area contributed by atoms with Crippen LogP contribution in [0.4, 0.5) is 15.2 Å². The predicted molar refractivity (Wildman–Crippen MR) is 94.1 cm³/mol. The van der Waals surface area contributed by atoms with Crippen LogP contribution in [0.15, 0.2) is 53.9 Å². The second-order valence-electron chi connectivity index (χ2n) is 5.34. The van der Waals surface area contributed by atoms with Gasteiger partial charge in [-0.3, -0.25) is 4.79 Å². The fraction of sp³-hybridized carbons (Fsp3) is 0.111. The van der Waals surface area contributed by atoms with Crippen LogP contribution in [-0.2, 0) is 6.54 Å². The van der Waals surface area contributed by atoms with Gasteiger partial charge in [-0.05, 0) is 42.3 Å². The molecule has 1 amide bonds. The Morgan fingerprint density at radius 2 is 2.00 bits per heavy atom. The first-order chi connectivity index (χ1) is 11.6. The van der Waals surface area contributed by atoms with Crippen molar-refractivity contribution in [2.24, 2.45) is 0 Å². The average molecular weight is 341 g/mol. The molecule has 0 aliphatic rings. The lowest BCUT2D eigenvalue weighted by Gasteiger charge is -2.04. The van der Waals surface area contributed by atoms with Crippen LogP contribution in [-0.4, -0.2) is 10.9 Å². The van der Waals surface area contributed by atoms with Crippen LogP contribution >= 0.6 is 11.3 Å². The van der Waals surface area contributed by atoms with E-state index < -0.39 is 0 Å². The fourth-order valence-corrected chi connectivity index (χ4v) is 2.87. The fourth-order valence-electron chi connectivity index (χ4n) is 2.16. The minimum absolute atomic E-state index is 0.257. The molecule has 0 fully saturated rings. The topological polar surface area (TPSA) is 54.0 Å². The van der Waals surface area contributed by atoms with Gasteiger partial charge in [0, 0.05) is 17.6 Å². The third kappa shape index (κ3) is 4.17. The lowest BCUT2D eigenvalue weighted by atomic mass is 10.2. The van der Waals surface area contributed by atoms with Gasteiger partial charge in [0.05, 0.1) is 0 Å². The molecule has 0 saturated heterocycles. The maximum Gasteiger partial charge on any atom is 0.271 e. The second kappa shape index (κ2) is 7.23. The Kier molecular flexibility index (Phi) is 4.86. The third-order valence-electron chi connectivity index (χ3n) is 3.37. The molecule has 0 aliphatic carbocycles. The number of thiazole rings is 1. The van der Waals surface area contributed by atoms with E-state index in [1.165, 1.54) is 23.5 Å². The lowest BCUT2D eigenvalue weighted by Crippen LogP contribution is -2.23. The smallest absolute Gasteiger partial charge is 0.271 e. The molecular formula is C18H16FN3OS. The van der Waals surface area contributed by atoms with Gasteiger partial charge in [0.25, 0.3) is 5.91 Å². The van der Waals surface area contributed by atoms with Gasteiger partial charge < -0.3 is 10.6 Å². The van der Waals surface area contributed by atoms with Gasteiger partial charge in [-0.25, -0.2) is 9.37 Å². The van der Waals surface area contributed by atoms with Crippen molar-refractivity contribution in [2.75, 3.05) is 5.32 Å². The summed E-state index contributed by atoms with van der Waals surface area (Å²) in [5.41, 5.74) is 3.27. The van der Waals surface area contributed by atoms with Gasteiger partial charge >= 0.3 is 0 Å². The zero-order valence-electron chi connectivity index (χ0n) is 13.0. The summed E-state index contributed by atoms with van der Waals surface area (Å²) in [4.78, 5) is 16.4. The van der Waals surface area contributed by atoms with Crippen molar-refractivity contribution in [3.8, 4) is 0 Å². The molecule has 0 atom stereocenters. The number of aryl methyl sites for hydroxylation is 1. The highest BCUT2D eigenvalue weighted by Gasteiger charge is 2.10. The zero-order valence-corrected chi connectivity index (χ0v) is 13.9. The van der Waals surface area contributed by atoms with Crippen molar-refractivity contribution in [1.82, 2.24) is 10.3 Å². The molecule has 0 saturated carbocycles.